The maximum Gasteiger partial charge on any atom is 0.356 e. The highest BCUT2D eigenvalue weighted by molar-refractivity contribution is 5.87. The molecule has 0 amide bonds. The van der Waals surface area contributed by atoms with Crippen molar-refractivity contribution in [1.82, 2.24) is 15.0 Å². The number of nitrogens with zero attached hydrogens (tertiary/aromatic N) is 2. The standard InChI is InChI=1S/C14H11N3O2/c1-8-12(14(18)19)17-13(15-8)11-7-6-9-4-2-3-5-10(9)16-11/h2-7H,1H3,(H,15,17)(H,18,19). The maximum atomic E-state index is 11.0. The van der Waals surface area contributed by atoms with Crippen LogP contribution in [0.5, 0.6) is 0 Å². The summed E-state index contributed by atoms with van der Waals surface area (Å²) in [6.45, 7) is 1.68. The molecule has 2 heterocycles. The minimum Gasteiger partial charge on any atom is -0.476 e. The van der Waals surface area contributed by atoms with Gasteiger partial charge in [0.25, 0.3) is 0 Å². The van der Waals surface area contributed by atoms with Crippen molar-refractivity contribution < 1.29 is 9.90 Å². The van der Waals surface area contributed by atoms with Gasteiger partial charge in [0.2, 0.25) is 0 Å². The second-order valence-corrected chi connectivity index (χ2v) is 4.25. The summed E-state index contributed by atoms with van der Waals surface area (Å²) in [5, 5.41) is 10.0. The average Bonchev–Trinajstić information content (AvgIpc) is 2.80. The van der Waals surface area contributed by atoms with Crippen LogP contribution >= 0.6 is 0 Å². The van der Waals surface area contributed by atoms with Crippen LogP contribution in [-0.4, -0.2) is 26.0 Å². The molecule has 94 valence electrons. The predicted octanol–water partition coefficient (Wildman–Crippen LogP) is 2.63. The minimum absolute atomic E-state index is 0.0324. The van der Waals surface area contributed by atoms with Crippen molar-refractivity contribution >= 4 is 16.9 Å². The zero-order chi connectivity index (χ0) is 13.4. The monoisotopic (exact) mass is 253 g/mol. The molecule has 0 spiro atoms. The van der Waals surface area contributed by atoms with E-state index in [1.54, 1.807) is 6.92 Å². The number of rotatable bonds is 2. The first-order chi connectivity index (χ1) is 9.15. The molecular weight excluding hydrogens is 242 g/mol. The molecule has 2 aromatic heterocycles. The molecule has 0 unspecified atom stereocenters. The van der Waals surface area contributed by atoms with Crippen LogP contribution in [-0.2, 0) is 0 Å². The van der Waals surface area contributed by atoms with Gasteiger partial charge in [0.15, 0.2) is 11.5 Å². The summed E-state index contributed by atoms with van der Waals surface area (Å²) in [7, 11) is 0. The number of hydrogen-bond acceptors (Lipinski definition) is 3. The molecule has 3 rings (SSSR count). The van der Waals surface area contributed by atoms with E-state index in [9.17, 15) is 4.79 Å². The number of carbonyl (C=O) groups is 1. The number of benzene rings is 1. The summed E-state index contributed by atoms with van der Waals surface area (Å²) in [5.74, 6) is -0.568. The van der Waals surface area contributed by atoms with E-state index in [2.05, 4.69) is 15.0 Å². The summed E-state index contributed by atoms with van der Waals surface area (Å²) < 4.78 is 0. The molecule has 0 saturated carbocycles. The molecule has 0 saturated heterocycles. The maximum absolute atomic E-state index is 11.0. The number of pyridine rings is 1. The number of carboxylic acids is 1. The first-order valence-electron chi connectivity index (χ1n) is 5.81. The molecule has 2 N–H and O–H groups in total. The molecule has 0 fully saturated rings. The highest BCUT2D eigenvalue weighted by Gasteiger charge is 2.15. The smallest absolute Gasteiger partial charge is 0.356 e. The Morgan fingerprint density at radius 1 is 1.16 bits per heavy atom. The lowest BCUT2D eigenvalue weighted by Crippen LogP contribution is -1.98. The summed E-state index contributed by atoms with van der Waals surface area (Å²) >= 11 is 0. The van der Waals surface area contributed by atoms with Gasteiger partial charge in [-0.05, 0) is 19.1 Å². The number of fused-ring (bicyclic) bond motifs is 1. The van der Waals surface area contributed by atoms with Gasteiger partial charge in [0.05, 0.1) is 5.52 Å². The van der Waals surface area contributed by atoms with E-state index in [0.29, 0.717) is 17.2 Å². The van der Waals surface area contributed by atoms with E-state index in [-0.39, 0.29) is 5.69 Å². The molecule has 0 radical (unpaired) electrons. The number of aromatic amines is 1. The molecule has 3 aromatic rings. The van der Waals surface area contributed by atoms with Crippen LogP contribution in [0.2, 0.25) is 0 Å². The Hall–Kier alpha value is -2.69. The number of para-hydroxylation sites is 1. The van der Waals surface area contributed by atoms with E-state index >= 15 is 0 Å². The molecule has 0 aliphatic heterocycles. The van der Waals surface area contributed by atoms with E-state index in [4.69, 9.17) is 5.11 Å². The number of aryl methyl sites for hydroxylation is 1. The Bertz CT molecular complexity index is 777. The number of aromatic nitrogens is 3. The van der Waals surface area contributed by atoms with Crippen molar-refractivity contribution in [3.8, 4) is 11.5 Å². The second-order valence-electron chi connectivity index (χ2n) is 4.25. The summed E-state index contributed by atoms with van der Waals surface area (Å²) in [4.78, 5) is 22.5. The summed E-state index contributed by atoms with van der Waals surface area (Å²) in [6, 6.07) is 11.5. The average molecular weight is 253 g/mol. The third-order valence-electron chi connectivity index (χ3n) is 2.93. The van der Waals surface area contributed by atoms with Crippen LogP contribution in [0, 0.1) is 6.92 Å². The van der Waals surface area contributed by atoms with E-state index < -0.39 is 5.97 Å². The van der Waals surface area contributed by atoms with Gasteiger partial charge in [-0.1, -0.05) is 24.3 Å². The normalized spacial score (nSPS) is 10.8. The van der Waals surface area contributed by atoms with Gasteiger partial charge in [-0.25, -0.2) is 14.8 Å². The van der Waals surface area contributed by atoms with Crippen LogP contribution in [0.1, 0.15) is 16.2 Å². The molecule has 0 bridgehead atoms. The Morgan fingerprint density at radius 2 is 1.95 bits per heavy atom. The second kappa shape index (κ2) is 4.20. The number of nitrogens with one attached hydrogen (secondary N) is 1. The van der Waals surface area contributed by atoms with Crippen LogP contribution in [0.15, 0.2) is 36.4 Å². The molecule has 5 nitrogen and oxygen atoms in total. The van der Waals surface area contributed by atoms with Gasteiger partial charge in [0.1, 0.15) is 5.69 Å². The highest BCUT2D eigenvalue weighted by atomic mass is 16.4. The van der Waals surface area contributed by atoms with Gasteiger partial charge in [0, 0.05) is 11.1 Å². The van der Waals surface area contributed by atoms with Crippen LogP contribution in [0.25, 0.3) is 22.4 Å². The van der Waals surface area contributed by atoms with Crippen molar-refractivity contribution in [3.63, 3.8) is 0 Å². The molecular formula is C14H11N3O2. The molecule has 5 heteroatoms. The zero-order valence-corrected chi connectivity index (χ0v) is 10.2. The lowest BCUT2D eigenvalue weighted by atomic mass is 10.2. The van der Waals surface area contributed by atoms with Gasteiger partial charge in [-0.3, -0.25) is 0 Å². The molecule has 0 atom stereocenters. The summed E-state index contributed by atoms with van der Waals surface area (Å²) in [6.07, 6.45) is 0. The van der Waals surface area contributed by atoms with Gasteiger partial charge in [-0.2, -0.15) is 0 Å². The Balaban J connectivity index is 2.13. The minimum atomic E-state index is -1.04. The van der Waals surface area contributed by atoms with Crippen molar-refractivity contribution in [2.24, 2.45) is 0 Å². The van der Waals surface area contributed by atoms with Crippen molar-refractivity contribution in [3.05, 3.63) is 47.8 Å². The Kier molecular flexibility index (Phi) is 2.52. The fourth-order valence-electron chi connectivity index (χ4n) is 1.99. The number of imidazole rings is 1. The van der Waals surface area contributed by atoms with Gasteiger partial charge >= 0.3 is 5.97 Å². The lowest BCUT2D eigenvalue weighted by Gasteiger charge is -1.99. The fraction of sp³-hybridized carbons (Fsp3) is 0.0714. The fourth-order valence-corrected chi connectivity index (χ4v) is 1.99. The molecule has 19 heavy (non-hydrogen) atoms. The predicted molar refractivity (Wildman–Crippen MR) is 71.0 cm³/mol. The number of aromatic carboxylic acids is 1. The van der Waals surface area contributed by atoms with Crippen LogP contribution in [0.3, 0.4) is 0 Å². The van der Waals surface area contributed by atoms with Crippen LogP contribution in [0.4, 0.5) is 0 Å². The van der Waals surface area contributed by atoms with Gasteiger partial charge < -0.3 is 10.1 Å². The largest absolute Gasteiger partial charge is 0.476 e. The van der Waals surface area contributed by atoms with Gasteiger partial charge in [-0.15, -0.1) is 0 Å². The topological polar surface area (TPSA) is 78.9 Å². The van der Waals surface area contributed by atoms with Crippen molar-refractivity contribution in [2.75, 3.05) is 0 Å². The summed E-state index contributed by atoms with van der Waals surface area (Å²) in [5.41, 5.74) is 2.04. The number of H-pyrrole nitrogens is 1. The lowest BCUT2D eigenvalue weighted by molar-refractivity contribution is 0.0690. The quantitative estimate of drug-likeness (QED) is 0.735. The van der Waals surface area contributed by atoms with E-state index in [1.807, 2.05) is 36.4 Å². The Labute approximate surface area is 109 Å². The first-order valence-corrected chi connectivity index (χ1v) is 5.81. The third kappa shape index (κ3) is 1.95. The third-order valence-corrected chi connectivity index (χ3v) is 2.93. The van der Waals surface area contributed by atoms with Crippen LogP contribution < -0.4 is 0 Å². The zero-order valence-electron chi connectivity index (χ0n) is 10.2. The molecule has 1 aromatic carbocycles. The number of hydrogen-bond donors (Lipinski definition) is 2. The number of carboxylic acid groups (broad SMARTS) is 1. The first kappa shape index (κ1) is 11.4. The van der Waals surface area contributed by atoms with E-state index in [1.165, 1.54) is 0 Å². The Morgan fingerprint density at radius 3 is 2.68 bits per heavy atom. The van der Waals surface area contributed by atoms with E-state index in [0.717, 1.165) is 10.9 Å². The molecule has 0 aliphatic rings. The highest BCUT2D eigenvalue weighted by Crippen LogP contribution is 2.19. The van der Waals surface area contributed by atoms with Crippen molar-refractivity contribution in [2.45, 2.75) is 6.92 Å². The SMILES string of the molecule is Cc1[nH]c(-c2ccc3ccccc3n2)nc1C(=O)O. The van der Waals surface area contributed by atoms with Crippen molar-refractivity contribution in [1.29, 1.82) is 0 Å². The molecule has 0 aliphatic carbocycles.